The number of anilines is 1. The fourth-order valence-corrected chi connectivity index (χ4v) is 3.29. The largest absolute Gasteiger partial charge is 0.399 e. The summed E-state index contributed by atoms with van der Waals surface area (Å²) in [6, 6.07) is 8.12. The van der Waals surface area contributed by atoms with Crippen LogP contribution < -0.4 is 11.1 Å². The molecular weight excluding hydrogens is 260 g/mol. The summed E-state index contributed by atoms with van der Waals surface area (Å²) in [5.74, 6) is 1.05. The van der Waals surface area contributed by atoms with E-state index in [0.29, 0.717) is 18.4 Å². The zero-order chi connectivity index (χ0) is 15.2. The van der Waals surface area contributed by atoms with Gasteiger partial charge in [-0.2, -0.15) is 0 Å². The lowest BCUT2D eigenvalue weighted by Gasteiger charge is -2.28. The number of nitrogens with two attached hydrogens (primary N) is 1. The molecule has 2 atom stereocenters. The predicted molar refractivity (Wildman–Crippen MR) is 88.1 cm³/mol. The molecule has 1 amide bonds. The van der Waals surface area contributed by atoms with Crippen LogP contribution in [0.5, 0.6) is 0 Å². The minimum Gasteiger partial charge on any atom is -0.399 e. The Balaban J connectivity index is 1.81. The highest BCUT2D eigenvalue weighted by Crippen LogP contribution is 2.26. The van der Waals surface area contributed by atoms with E-state index in [0.717, 1.165) is 5.69 Å². The predicted octanol–water partition coefficient (Wildman–Crippen LogP) is 3.85. The van der Waals surface area contributed by atoms with Crippen molar-refractivity contribution in [3.8, 4) is 0 Å². The molecule has 116 valence electrons. The van der Waals surface area contributed by atoms with E-state index in [1.165, 1.54) is 37.7 Å². The molecule has 1 fully saturated rings. The highest BCUT2D eigenvalue weighted by molar-refractivity contribution is 5.77. The van der Waals surface area contributed by atoms with Gasteiger partial charge in [-0.25, -0.2) is 0 Å². The Morgan fingerprint density at radius 3 is 2.43 bits per heavy atom. The van der Waals surface area contributed by atoms with Gasteiger partial charge in [-0.3, -0.25) is 4.79 Å². The summed E-state index contributed by atoms with van der Waals surface area (Å²) < 4.78 is 0. The Kier molecular flexibility index (Phi) is 5.66. The normalized spacial score (nSPS) is 19.0. The van der Waals surface area contributed by atoms with Crippen LogP contribution in [0.15, 0.2) is 24.3 Å². The molecule has 0 heterocycles. The first kappa shape index (κ1) is 15.9. The monoisotopic (exact) mass is 288 g/mol. The smallest absolute Gasteiger partial charge is 0.220 e. The number of hydrogen-bond acceptors (Lipinski definition) is 2. The molecular formula is C18H28N2O. The SMILES string of the molecule is CC(CC(=O)N[C@@H](C)C1CCCCC1)c1ccc(N)cc1. The van der Waals surface area contributed by atoms with Gasteiger partial charge >= 0.3 is 0 Å². The van der Waals surface area contributed by atoms with Crippen LogP contribution in [-0.4, -0.2) is 11.9 Å². The average Bonchev–Trinajstić information content (AvgIpc) is 2.48. The van der Waals surface area contributed by atoms with Crippen molar-refractivity contribution in [1.82, 2.24) is 5.32 Å². The molecule has 0 aliphatic heterocycles. The molecule has 0 spiro atoms. The van der Waals surface area contributed by atoms with Gasteiger partial charge in [0.05, 0.1) is 0 Å². The quantitative estimate of drug-likeness (QED) is 0.809. The van der Waals surface area contributed by atoms with Crippen LogP contribution in [0.1, 0.15) is 63.9 Å². The zero-order valence-corrected chi connectivity index (χ0v) is 13.3. The van der Waals surface area contributed by atoms with E-state index in [1.807, 2.05) is 24.3 Å². The third kappa shape index (κ3) is 4.76. The van der Waals surface area contributed by atoms with Gasteiger partial charge in [0.15, 0.2) is 0 Å². The van der Waals surface area contributed by atoms with Crippen molar-refractivity contribution in [2.45, 2.75) is 64.3 Å². The van der Waals surface area contributed by atoms with Crippen molar-refractivity contribution in [2.24, 2.45) is 5.92 Å². The molecule has 0 bridgehead atoms. The summed E-state index contributed by atoms with van der Waals surface area (Å²) in [6.07, 6.45) is 7.04. The standard InChI is InChI=1S/C18H28N2O/c1-13(15-8-10-17(19)11-9-15)12-18(21)20-14(2)16-6-4-3-5-7-16/h8-11,13-14,16H,3-7,12,19H2,1-2H3,(H,20,21)/t13?,14-/m0/s1. The van der Waals surface area contributed by atoms with Gasteiger partial charge in [0.1, 0.15) is 0 Å². The van der Waals surface area contributed by atoms with E-state index in [4.69, 9.17) is 5.73 Å². The van der Waals surface area contributed by atoms with Crippen LogP contribution in [0.4, 0.5) is 5.69 Å². The molecule has 1 unspecified atom stereocenters. The molecule has 0 aromatic heterocycles. The van der Waals surface area contributed by atoms with Crippen molar-refractivity contribution < 1.29 is 4.79 Å². The Hall–Kier alpha value is -1.51. The number of rotatable bonds is 5. The Morgan fingerprint density at radius 2 is 1.81 bits per heavy atom. The molecule has 21 heavy (non-hydrogen) atoms. The van der Waals surface area contributed by atoms with E-state index in [-0.39, 0.29) is 11.8 Å². The van der Waals surface area contributed by atoms with Gasteiger partial charge in [0.25, 0.3) is 0 Å². The fourth-order valence-electron chi connectivity index (χ4n) is 3.29. The number of carbonyl (C=O) groups excluding carboxylic acids is 1. The maximum Gasteiger partial charge on any atom is 0.220 e. The Morgan fingerprint density at radius 1 is 1.19 bits per heavy atom. The fraction of sp³-hybridized carbons (Fsp3) is 0.611. The maximum atomic E-state index is 12.2. The first-order valence-corrected chi connectivity index (χ1v) is 8.21. The third-order valence-electron chi connectivity index (χ3n) is 4.74. The number of benzene rings is 1. The van der Waals surface area contributed by atoms with E-state index in [1.54, 1.807) is 0 Å². The second-order valence-electron chi connectivity index (χ2n) is 6.53. The molecule has 1 aliphatic carbocycles. The second-order valence-corrected chi connectivity index (χ2v) is 6.53. The van der Waals surface area contributed by atoms with Gasteiger partial charge in [-0.1, -0.05) is 38.3 Å². The average molecular weight is 288 g/mol. The molecule has 2 rings (SSSR count). The second kappa shape index (κ2) is 7.48. The van der Waals surface area contributed by atoms with Crippen LogP contribution in [0, 0.1) is 5.92 Å². The molecule has 0 radical (unpaired) electrons. The van der Waals surface area contributed by atoms with Crippen LogP contribution in [0.25, 0.3) is 0 Å². The van der Waals surface area contributed by atoms with Crippen molar-refractivity contribution >= 4 is 11.6 Å². The van der Waals surface area contributed by atoms with Crippen LogP contribution >= 0.6 is 0 Å². The maximum absolute atomic E-state index is 12.2. The van der Waals surface area contributed by atoms with Gasteiger partial charge in [0.2, 0.25) is 5.91 Å². The van der Waals surface area contributed by atoms with E-state index < -0.39 is 0 Å². The number of amides is 1. The van der Waals surface area contributed by atoms with Crippen molar-refractivity contribution in [1.29, 1.82) is 0 Å². The van der Waals surface area contributed by atoms with Crippen molar-refractivity contribution in [3.63, 3.8) is 0 Å². The summed E-state index contributed by atoms with van der Waals surface area (Å²) >= 11 is 0. The lowest BCUT2D eigenvalue weighted by Crippen LogP contribution is -2.39. The summed E-state index contributed by atoms with van der Waals surface area (Å²) in [7, 11) is 0. The van der Waals surface area contributed by atoms with Crippen LogP contribution in [-0.2, 0) is 4.79 Å². The highest BCUT2D eigenvalue weighted by atomic mass is 16.1. The molecule has 1 aliphatic rings. The number of carbonyl (C=O) groups is 1. The van der Waals surface area contributed by atoms with Gasteiger partial charge in [0, 0.05) is 18.2 Å². The third-order valence-corrected chi connectivity index (χ3v) is 4.74. The van der Waals surface area contributed by atoms with E-state index >= 15 is 0 Å². The molecule has 1 saturated carbocycles. The van der Waals surface area contributed by atoms with Gasteiger partial charge in [-0.05, 0) is 49.3 Å². The van der Waals surface area contributed by atoms with E-state index in [9.17, 15) is 4.79 Å². The molecule has 3 heteroatoms. The van der Waals surface area contributed by atoms with Crippen LogP contribution in [0.3, 0.4) is 0 Å². The van der Waals surface area contributed by atoms with E-state index in [2.05, 4.69) is 19.2 Å². The van der Waals surface area contributed by atoms with Crippen molar-refractivity contribution in [3.05, 3.63) is 29.8 Å². The lowest BCUT2D eigenvalue weighted by atomic mass is 9.84. The lowest BCUT2D eigenvalue weighted by molar-refractivity contribution is -0.122. The summed E-state index contributed by atoms with van der Waals surface area (Å²) in [4.78, 5) is 12.2. The van der Waals surface area contributed by atoms with Crippen LogP contribution in [0.2, 0.25) is 0 Å². The first-order valence-electron chi connectivity index (χ1n) is 8.21. The van der Waals surface area contributed by atoms with Gasteiger partial charge in [-0.15, -0.1) is 0 Å². The molecule has 1 aromatic carbocycles. The van der Waals surface area contributed by atoms with Crippen molar-refractivity contribution in [2.75, 3.05) is 5.73 Å². The minimum absolute atomic E-state index is 0.164. The Bertz CT molecular complexity index is 449. The minimum atomic E-state index is 0.164. The number of nitrogen functional groups attached to an aromatic ring is 1. The number of hydrogen-bond donors (Lipinski definition) is 2. The summed E-state index contributed by atoms with van der Waals surface area (Å²) in [5, 5.41) is 3.20. The summed E-state index contributed by atoms with van der Waals surface area (Å²) in [5.41, 5.74) is 7.63. The highest BCUT2D eigenvalue weighted by Gasteiger charge is 2.22. The molecule has 0 saturated heterocycles. The summed E-state index contributed by atoms with van der Waals surface area (Å²) in [6.45, 7) is 4.25. The zero-order valence-electron chi connectivity index (χ0n) is 13.3. The first-order chi connectivity index (χ1) is 10.1. The molecule has 3 nitrogen and oxygen atoms in total. The molecule has 3 N–H and O–H groups in total. The van der Waals surface area contributed by atoms with Gasteiger partial charge < -0.3 is 11.1 Å². The Labute approximate surface area is 128 Å². The number of nitrogens with one attached hydrogen (secondary N) is 1. The topological polar surface area (TPSA) is 55.1 Å². The molecule has 1 aromatic rings.